The van der Waals surface area contributed by atoms with Crippen LogP contribution in [0.25, 0.3) is 0 Å². The van der Waals surface area contributed by atoms with Crippen LogP contribution in [0.15, 0.2) is 16.3 Å². The Kier molecular flexibility index (Phi) is 1.80. The van der Waals surface area contributed by atoms with Gasteiger partial charge in [0.2, 0.25) is 10.0 Å². The predicted octanol–water partition coefficient (Wildman–Crippen LogP) is 0.704. The number of nitrogens with two attached hydrogens (primary N) is 1. The molecule has 1 aromatic heterocycles. The Morgan fingerprint density at radius 1 is 1.60 bits per heavy atom. The Balaban J connectivity index is 3.32. The number of aryl methyl sites for hydroxylation is 1. The predicted molar refractivity (Wildman–Crippen MR) is 40.4 cm³/mol. The van der Waals surface area contributed by atoms with Crippen LogP contribution < -0.4 is 5.14 Å². The Bertz CT molecular complexity index is 325. The van der Waals surface area contributed by atoms with Crippen molar-refractivity contribution < 1.29 is 8.42 Å². The average Bonchev–Trinajstić information content (AvgIpc) is 2.11. The molecule has 1 rings (SSSR count). The first-order valence-corrected chi connectivity index (χ1v) is 5.01. The number of thiophene rings is 1. The molecule has 0 aliphatic rings. The molecule has 5 heteroatoms. The molecule has 0 radical (unpaired) electrons. The third kappa shape index (κ3) is 1.36. The minimum absolute atomic E-state index is 0.234. The fraction of sp³-hybridized carbons (Fsp3) is 0.200. The number of hydrogen-bond donors (Lipinski definition) is 1. The van der Waals surface area contributed by atoms with Crippen molar-refractivity contribution in [3.8, 4) is 0 Å². The molecular weight excluding hydrogens is 170 g/mol. The van der Waals surface area contributed by atoms with Crippen molar-refractivity contribution in [1.82, 2.24) is 0 Å². The largest absolute Gasteiger partial charge is 0.239 e. The van der Waals surface area contributed by atoms with Crippen LogP contribution in [0, 0.1) is 6.92 Å². The molecule has 0 amide bonds. The summed E-state index contributed by atoms with van der Waals surface area (Å²) >= 11 is 1.37. The van der Waals surface area contributed by atoms with E-state index in [0.717, 1.165) is 4.88 Å². The number of hydrogen-bond acceptors (Lipinski definition) is 3. The fourth-order valence-corrected chi connectivity index (χ4v) is 2.50. The highest BCUT2D eigenvalue weighted by Gasteiger charge is 2.10. The van der Waals surface area contributed by atoms with E-state index in [4.69, 9.17) is 5.14 Å². The van der Waals surface area contributed by atoms with Crippen molar-refractivity contribution >= 4 is 21.4 Å². The fourth-order valence-electron chi connectivity index (χ4n) is 0.668. The number of rotatable bonds is 1. The third-order valence-corrected chi connectivity index (χ3v) is 3.15. The van der Waals surface area contributed by atoms with Crippen LogP contribution in [0.3, 0.4) is 0 Å². The summed E-state index contributed by atoms with van der Waals surface area (Å²) in [6.45, 7) is 1.73. The summed E-state index contributed by atoms with van der Waals surface area (Å²) in [7, 11) is -3.48. The first-order valence-electron chi connectivity index (χ1n) is 2.58. The maximum Gasteiger partial charge on any atom is 0.239 e. The molecule has 1 heterocycles. The SMILES string of the molecule is Cc1sccc1S(N)(=O)=O. The van der Waals surface area contributed by atoms with E-state index in [1.165, 1.54) is 17.4 Å². The highest BCUT2D eigenvalue weighted by molar-refractivity contribution is 7.89. The third-order valence-electron chi connectivity index (χ3n) is 1.12. The van der Waals surface area contributed by atoms with Crippen molar-refractivity contribution in [3.63, 3.8) is 0 Å². The van der Waals surface area contributed by atoms with Gasteiger partial charge in [-0.25, -0.2) is 13.6 Å². The van der Waals surface area contributed by atoms with E-state index in [1.807, 2.05) is 0 Å². The molecule has 2 N–H and O–H groups in total. The molecule has 0 bridgehead atoms. The maximum absolute atomic E-state index is 10.7. The highest BCUT2D eigenvalue weighted by atomic mass is 32.2. The van der Waals surface area contributed by atoms with Crippen molar-refractivity contribution in [3.05, 3.63) is 16.3 Å². The first-order chi connectivity index (χ1) is 4.52. The van der Waals surface area contributed by atoms with E-state index in [-0.39, 0.29) is 4.90 Å². The number of primary sulfonamides is 1. The molecule has 3 nitrogen and oxygen atoms in total. The van der Waals surface area contributed by atoms with Gasteiger partial charge in [0, 0.05) is 4.88 Å². The lowest BCUT2D eigenvalue weighted by Gasteiger charge is -1.92. The van der Waals surface area contributed by atoms with Gasteiger partial charge in [-0.2, -0.15) is 0 Å². The van der Waals surface area contributed by atoms with Gasteiger partial charge in [0.05, 0.1) is 4.90 Å². The van der Waals surface area contributed by atoms with Gasteiger partial charge in [-0.3, -0.25) is 0 Å². The molecule has 0 atom stereocenters. The lowest BCUT2D eigenvalue weighted by molar-refractivity contribution is 0.597. The zero-order valence-electron chi connectivity index (χ0n) is 5.37. The Hall–Kier alpha value is -0.390. The van der Waals surface area contributed by atoms with E-state index in [2.05, 4.69) is 0 Å². The maximum atomic E-state index is 10.7. The van der Waals surface area contributed by atoms with Crippen LogP contribution in [0.2, 0.25) is 0 Å². The monoisotopic (exact) mass is 177 g/mol. The van der Waals surface area contributed by atoms with Crippen LogP contribution >= 0.6 is 11.3 Å². The van der Waals surface area contributed by atoms with Gasteiger partial charge in [0.15, 0.2) is 0 Å². The van der Waals surface area contributed by atoms with Gasteiger partial charge >= 0.3 is 0 Å². The topological polar surface area (TPSA) is 60.2 Å². The van der Waals surface area contributed by atoms with Crippen molar-refractivity contribution in [1.29, 1.82) is 0 Å². The molecule has 0 saturated heterocycles. The van der Waals surface area contributed by atoms with E-state index < -0.39 is 10.0 Å². The highest BCUT2D eigenvalue weighted by Crippen LogP contribution is 2.18. The second-order valence-corrected chi connectivity index (χ2v) is 4.54. The second-order valence-electron chi connectivity index (χ2n) is 1.89. The summed E-state index contributed by atoms with van der Waals surface area (Å²) in [5.74, 6) is 0. The summed E-state index contributed by atoms with van der Waals surface area (Å²) in [5.41, 5.74) is 0. The van der Waals surface area contributed by atoms with Gasteiger partial charge in [0.25, 0.3) is 0 Å². The normalized spacial score (nSPS) is 11.8. The first kappa shape index (κ1) is 7.71. The van der Waals surface area contributed by atoms with Gasteiger partial charge in [-0.05, 0) is 18.4 Å². The summed E-state index contributed by atoms with van der Waals surface area (Å²) in [5, 5.41) is 6.58. The van der Waals surface area contributed by atoms with Crippen molar-refractivity contribution in [2.24, 2.45) is 5.14 Å². The average molecular weight is 177 g/mol. The quantitative estimate of drug-likeness (QED) is 0.686. The van der Waals surface area contributed by atoms with E-state index in [0.29, 0.717) is 0 Å². The molecule has 1 aromatic rings. The van der Waals surface area contributed by atoms with Gasteiger partial charge in [0.1, 0.15) is 0 Å². The Labute approximate surface area is 63.5 Å². The Morgan fingerprint density at radius 2 is 2.20 bits per heavy atom. The zero-order chi connectivity index (χ0) is 7.78. The second kappa shape index (κ2) is 2.34. The van der Waals surface area contributed by atoms with E-state index >= 15 is 0 Å². The van der Waals surface area contributed by atoms with Gasteiger partial charge < -0.3 is 0 Å². The van der Waals surface area contributed by atoms with Gasteiger partial charge in [-0.1, -0.05) is 0 Å². The standard InChI is InChI=1S/C5H7NO2S2/c1-4-5(2-3-9-4)10(6,7)8/h2-3H,1H3,(H2,6,7,8). The van der Waals surface area contributed by atoms with Gasteiger partial charge in [-0.15, -0.1) is 11.3 Å². The molecule has 0 aromatic carbocycles. The molecular formula is C5H7NO2S2. The van der Waals surface area contributed by atoms with Crippen molar-refractivity contribution in [2.75, 3.05) is 0 Å². The van der Waals surface area contributed by atoms with Crippen LogP contribution in [-0.4, -0.2) is 8.42 Å². The van der Waals surface area contributed by atoms with Crippen LogP contribution in [-0.2, 0) is 10.0 Å². The summed E-state index contributed by atoms with van der Waals surface area (Å²) in [6, 6.07) is 1.51. The molecule has 0 aliphatic carbocycles. The molecule has 0 unspecified atom stereocenters. The zero-order valence-corrected chi connectivity index (χ0v) is 7.00. The van der Waals surface area contributed by atoms with Crippen LogP contribution in [0.1, 0.15) is 4.88 Å². The molecule has 10 heavy (non-hydrogen) atoms. The minimum atomic E-state index is -3.48. The van der Waals surface area contributed by atoms with E-state index in [1.54, 1.807) is 12.3 Å². The summed E-state index contributed by atoms with van der Waals surface area (Å²) in [4.78, 5) is 0.972. The van der Waals surface area contributed by atoms with Crippen molar-refractivity contribution in [2.45, 2.75) is 11.8 Å². The van der Waals surface area contributed by atoms with Crippen LogP contribution in [0.5, 0.6) is 0 Å². The summed E-state index contributed by atoms with van der Waals surface area (Å²) < 4.78 is 21.4. The lowest BCUT2D eigenvalue weighted by atomic mass is 10.5. The molecule has 56 valence electrons. The minimum Gasteiger partial charge on any atom is -0.225 e. The molecule has 0 spiro atoms. The number of sulfonamides is 1. The smallest absolute Gasteiger partial charge is 0.225 e. The Morgan fingerprint density at radius 3 is 2.40 bits per heavy atom. The summed E-state index contributed by atoms with van der Waals surface area (Å²) in [6.07, 6.45) is 0. The van der Waals surface area contributed by atoms with Crippen LogP contribution in [0.4, 0.5) is 0 Å². The lowest BCUT2D eigenvalue weighted by Crippen LogP contribution is -2.11. The molecule has 0 aliphatic heterocycles. The molecule has 0 saturated carbocycles. The molecule has 0 fully saturated rings. The van der Waals surface area contributed by atoms with E-state index in [9.17, 15) is 8.42 Å².